The second-order valence-electron chi connectivity index (χ2n) is 5.25. The third-order valence-electron chi connectivity index (χ3n) is 4.03. The summed E-state index contributed by atoms with van der Waals surface area (Å²) in [5, 5.41) is 2.76. The van der Waals surface area contributed by atoms with Gasteiger partial charge in [-0.1, -0.05) is 0 Å². The highest BCUT2D eigenvalue weighted by atomic mass is 19.1. The van der Waals surface area contributed by atoms with Gasteiger partial charge in [0.2, 0.25) is 0 Å². The maximum absolute atomic E-state index is 13.9. The van der Waals surface area contributed by atoms with Crippen LogP contribution in [-0.4, -0.2) is 29.6 Å². The molecule has 4 N–H and O–H groups in total. The van der Waals surface area contributed by atoms with Crippen molar-refractivity contribution in [3.05, 3.63) is 23.6 Å². The lowest BCUT2D eigenvalue weighted by molar-refractivity contribution is 0.0871. The Bertz CT molecular complexity index is 525. The van der Waals surface area contributed by atoms with Crippen molar-refractivity contribution in [2.75, 3.05) is 12.0 Å². The van der Waals surface area contributed by atoms with Gasteiger partial charge in [0.1, 0.15) is 0 Å². The van der Waals surface area contributed by atoms with Crippen LogP contribution in [0.3, 0.4) is 0 Å². The molecule has 108 valence electrons. The lowest BCUT2D eigenvalue weighted by atomic mass is 9.89. The quantitative estimate of drug-likeness (QED) is 0.561. The molecule has 7 heteroatoms. The van der Waals surface area contributed by atoms with Crippen LogP contribution in [0.4, 0.5) is 10.2 Å². The smallest absolute Gasteiger partial charge is 0.254 e. The number of carbonyl (C=O) groups excluding carboxylic acids is 1. The van der Waals surface area contributed by atoms with Gasteiger partial charge < -0.3 is 15.5 Å². The van der Waals surface area contributed by atoms with Crippen molar-refractivity contribution >= 4 is 11.7 Å². The standard InChI is InChI=1S/C13H17FN4O2/c14-11-9(3-4-16-12(11)18-15)13(19)17-6-7-5-8-1-2-10(7)20-8/h3-4,7-8,10H,1-2,5-6,15H2,(H,16,18)(H,17,19). The second kappa shape index (κ2) is 5.34. The molecule has 0 radical (unpaired) electrons. The first kappa shape index (κ1) is 13.3. The molecule has 6 nitrogen and oxygen atoms in total. The number of hydrogen-bond donors (Lipinski definition) is 3. The van der Waals surface area contributed by atoms with E-state index >= 15 is 0 Å². The van der Waals surface area contributed by atoms with Crippen LogP contribution in [-0.2, 0) is 4.74 Å². The molecular formula is C13H17FN4O2. The summed E-state index contributed by atoms with van der Waals surface area (Å²) in [5.74, 6) is 4.13. The van der Waals surface area contributed by atoms with Crippen LogP contribution in [0.1, 0.15) is 29.6 Å². The molecule has 0 aromatic carbocycles. The van der Waals surface area contributed by atoms with Gasteiger partial charge in [0.25, 0.3) is 5.91 Å². The topological polar surface area (TPSA) is 89.3 Å². The molecule has 2 aliphatic rings. The molecular weight excluding hydrogens is 263 g/mol. The number of nitrogens with zero attached hydrogens (tertiary/aromatic N) is 1. The number of halogens is 1. The Balaban J connectivity index is 1.62. The number of carbonyl (C=O) groups is 1. The normalized spacial score (nSPS) is 27.6. The third kappa shape index (κ3) is 2.34. The zero-order chi connectivity index (χ0) is 14.1. The van der Waals surface area contributed by atoms with E-state index in [-0.39, 0.29) is 17.5 Å². The predicted molar refractivity (Wildman–Crippen MR) is 70.3 cm³/mol. The zero-order valence-corrected chi connectivity index (χ0v) is 10.9. The van der Waals surface area contributed by atoms with Gasteiger partial charge in [0, 0.05) is 18.7 Å². The molecule has 1 aromatic heterocycles. The van der Waals surface area contributed by atoms with Crippen molar-refractivity contribution in [3.63, 3.8) is 0 Å². The number of nitrogens with two attached hydrogens (primary N) is 1. The average Bonchev–Trinajstić information content (AvgIpc) is 3.07. The highest BCUT2D eigenvalue weighted by Crippen LogP contribution is 2.38. The van der Waals surface area contributed by atoms with Gasteiger partial charge in [-0.2, -0.15) is 0 Å². The molecule has 3 atom stereocenters. The minimum Gasteiger partial charge on any atom is -0.375 e. The van der Waals surface area contributed by atoms with Crippen molar-refractivity contribution in [2.45, 2.75) is 31.5 Å². The van der Waals surface area contributed by atoms with Crippen molar-refractivity contribution in [1.29, 1.82) is 0 Å². The molecule has 0 saturated carbocycles. The number of nitrogens with one attached hydrogen (secondary N) is 2. The van der Waals surface area contributed by atoms with E-state index in [9.17, 15) is 9.18 Å². The average molecular weight is 280 g/mol. The SMILES string of the molecule is NNc1nccc(C(=O)NCC2CC3CCC2O3)c1F. The molecule has 0 spiro atoms. The van der Waals surface area contributed by atoms with Crippen molar-refractivity contribution in [1.82, 2.24) is 10.3 Å². The van der Waals surface area contributed by atoms with E-state index in [1.54, 1.807) is 0 Å². The molecule has 3 unspecified atom stereocenters. The van der Waals surface area contributed by atoms with E-state index in [1.807, 2.05) is 0 Å². The summed E-state index contributed by atoms with van der Waals surface area (Å²) in [5.41, 5.74) is 2.07. The third-order valence-corrected chi connectivity index (χ3v) is 4.03. The van der Waals surface area contributed by atoms with Crippen LogP contribution in [0.15, 0.2) is 12.3 Å². The van der Waals surface area contributed by atoms with E-state index in [2.05, 4.69) is 15.7 Å². The fourth-order valence-corrected chi connectivity index (χ4v) is 3.00. The monoisotopic (exact) mass is 280 g/mol. The van der Waals surface area contributed by atoms with Gasteiger partial charge in [-0.05, 0) is 25.3 Å². The first-order valence-corrected chi connectivity index (χ1v) is 6.74. The maximum atomic E-state index is 13.9. The molecule has 2 bridgehead atoms. The van der Waals surface area contributed by atoms with Crippen LogP contribution in [0.25, 0.3) is 0 Å². The Hall–Kier alpha value is -1.73. The molecule has 20 heavy (non-hydrogen) atoms. The summed E-state index contributed by atoms with van der Waals surface area (Å²) in [7, 11) is 0. The van der Waals surface area contributed by atoms with Crippen LogP contribution in [0.2, 0.25) is 0 Å². The van der Waals surface area contributed by atoms with Gasteiger partial charge in [0.15, 0.2) is 11.6 Å². The maximum Gasteiger partial charge on any atom is 0.254 e. The number of fused-ring (bicyclic) bond motifs is 2. The van der Waals surface area contributed by atoms with E-state index < -0.39 is 11.7 Å². The summed E-state index contributed by atoms with van der Waals surface area (Å²) in [4.78, 5) is 15.7. The first-order chi connectivity index (χ1) is 9.69. The summed E-state index contributed by atoms with van der Waals surface area (Å²) in [6.45, 7) is 0.507. The summed E-state index contributed by atoms with van der Waals surface area (Å²) >= 11 is 0. The Kier molecular flexibility index (Phi) is 3.54. The van der Waals surface area contributed by atoms with Crippen LogP contribution in [0, 0.1) is 11.7 Å². The number of anilines is 1. The first-order valence-electron chi connectivity index (χ1n) is 6.74. The molecule has 2 saturated heterocycles. The Morgan fingerprint density at radius 2 is 2.40 bits per heavy atom. The van der Waals surface area contributed by atoms with E-state index in [0.29, 0.717) is 18.6 Å². The van der Waals surface area contributed by atoms with E-state index in [4.69, 9.17) is 10.6 Å². The summed E-state index contributed by atoms with van der Waals surface area (Å²) in [6.07, 6.45) is 5.06. The van der Waals surface area contributed by atoms with Crippen LogP contribution >= 0.6 is 0 Å². The molecule has 2 fully saturated rings. The Morgan fingerprint density at radius 3 is 3.05 bits per heavy atom. The number of rotatable bonds is 4. The zero-order valence-electron chi connectivity index (χ0n) is 10.9. The van der Waals surface area contributed by atoms with Crippen molar-refractivity contribution in [3.8, 4) is 0 Å². The Morgan fingerprint density at radius 1 is 1.55 bits per heavy atom. The fraction of sp³-hybridized carbons (Fsp3) is 0.538. The lowest BCUT2D eigenvalue weighted by Crippen LogP contribution is -2.34. The molecule has 1 aromatic rings. The Labute approximate surface area is 115 Å². The minimum atomic E-state index is -0.739. The highest BCUT2D eigenvalue weighted by molar-refractivity contribution is 5.95. The lowest BCUT2D eigenvalue weighted by Gasteiger charge is -2.19. The van der Waals surface area contributed by atoms with Gasteiger partial charge in [-0.15, -0.1) is 0 Å². The number of hydrazine groups is 1. The number of ether oxygens (including phenoxy) is 1. The van der Waals surface area contributed by atoms with E-state index in [1.165, 1.54) is 12.3 Å². The van der Waals surface area contributed by atoms with Gasteiger partial charge in [0.05, 0.1) is 17.8 Å². The van der Waals surface area contributed by atoms with E-state index in [0.717, 1.165) is 19.3 Å². The molecule has 2 aliphatic heterocycles. The van der Waals surface area contributed by atoms with Gasteiger partial charge >= 0.3 is 0 Å². The van der Waals surface area contributed by atoms with Crippen molar-refractivity contribution in [2.24, 2.45) is 11.8 Å². The number of aromatic nitrogens is 1. The summed E-state index contributed by atoms with van der Waals surface area (Å²) in [6, 6.07) is 1.34. The molecule has 0 aliphatic carbocycles. The molecule has 1 amide bonds. The van der Waals surface area contributed by atoms with Gasteiger partial charge in [-0.3, -0.25) is 4.79 Å². The van der Waals surface area contributed by atoms with Crippen LogP contribution in [0.5, 0.6) is 0 Å². The highest BCUT2D eigenvalue weighted by Gasteiger charge is 2.40. The van der Waals surface area contributed by atoms with Gasteiger partial charge in [-0.25, -0.2) is 15.2 Å². The summed E-state index contributed by atoms with van der Waals surface area (Å²) < 4.78 is 19.6. The molecule has 3 heterocycles. The number of pyridine rings is 1. The molecule has 3 rings (SSSR count). The predicted octanol–water partition coefficient (Wildman–Crippen LogP) is 0.804. The van der Waals surface area contributed by atoms with Crippen molar-refractivity contribution < 1.29 is 13.9 Å². The fourth-order valence-electron chi connectivity index (χ4n) is 3.00. The largest absolute Gasteiger partial charge is 0.375 e. The second-order valence-corrected chi connectivity index (χ2v) is 5.25. The number of amides is 1. The minimum absolute atomic E-state index is 0.0583. The number of hydrogen-bond acceptors (Lipinski definition) is 5. The van der Waals surface area contributed by atoms with Crippen LogP contribution < -0.4 is 16.6 Å². The number of nitrogen functional groups attached to an aromatic ring is 1.